The lowest BCUT2D eigenvalue weighted by molar-refractivity contribution is -0.0696. The molecular weight excluding hydrogens is 626 g/mol. The number of fused-ring (bicyclic) bond motifs is 2. The standard InChI is InChI=1S/C35H22F10O/c1-2-3-4-5-18-6-7-23-20(10-18)14-29(40)34(33(23)42)46-17-19-11-26(37)30(27(38)12-19)21-13-22-15-25(36)24(8-9-35(43,44)45)32(41)31(22)28(39)16-21/h6-7,10-16H,2-5,17H2,1H3. The molecule has 0 unspecified atom stereocenters. The maximum absolute atomic E-state index is 15.2. The van der Waals surface area contributed by atoms with E-state index in [2.05, 4.69) is 6.92 Å². The van der Waals surface area contributed by atoms with Crippen LogP contribution >= 0.6 is 0 Å². The van der Waals surface area contributed by atoms with E-state index in [0.717, 1.165) is 55.5 Å². The van der Waals surface area contributed by atoms with Gasteiger partial charge in [0.2, 0.25) is 0 Å². The van der Waals surface area contributed by atoms with Crippen LogP contribution in [0.3, 0.4) is 0 Å². The average Bonchev–Trinajstić information content (AvgIpc) is 2.95. The van der Waals surface area contributed by atoms with Crippen molar-refractivity contribution in [2.24, 2.45) is 0 Å². The summed E-state index contributed by atoms with van der Waals surface area (Å²) in [4.78, 5) is 0. The number of ether oxygens (including phenoxy) is 1. The molecule has 0 aliphatic carbocycles. The summed E-state index contributed by atoms with van der Waals surface area (Å²) >= 11 is 0. The zero-order valence-corrected chi connectivity index (χ0v) is 23.9. The first kappa shape index (κ1) is 32.7. The van der Waals surface area contributed by atoms with Crippen molar-refractivity contribution in [2.45, 2.75) is 45.4 Å². The van der Waals surface area contributed by atoms with Crippen molar-refractivity contribution < 1.29 is 48.6 Å². The molecule has 11 heteroatoms. The van der Waals surface area contributed by atoms with Crippen molar-refractivity contribution in [1.29, 1.82) is 0 Å². The number of unbranched alkanes of at least 4 members (excludes halogenated alkanes) is 2. The molecule has 0 atom stereocenters. The van der Waals surface area contributed by atoms with Crippen LogP contribution in [0, 0.1) is 52.6 Å². The van der Waals surface area contributed by atoms with Gasteiger partial charge in [-0.05, 0) is 76.7 Å². The van der Waals surface area contributed by atoms with Crippen molar-refractivity contribution in [3.63, 3.8) is 0 Å². The molecule has 0 aliphatic heterocycles. The second-order valence-corrected chi connectivity index (χ2v) is 10.6. The monoisotopic (exact) mass is 648 g/mol. The average molecular weight is 649 g/mol. The smallest absolute Gasteiger partial charge is 0.458 e. The molecule has 238 valence electrons. The van der Waals surface area contributed by atoms with E-state index in [1.54, 1.807) is 12.1 Å². The summed E-state index contributed by atoms with van der Waals surface area (Å²) in [5.74, 6) is -8.01. The molecule has 5 aromatic rings. The van der Waals surface area contributed by atoms with Crippen LogP contribution in [0.25, 0.3) is 32.7 Å². The molecule has 0 aliphatic rings. The summed E-state index contributed by atoms with van der Waals surface area (Å²) in [6.45, 7) is 1.40. The second kappa shape index (κ2) is 12.9. The van der Waals surface area contributed by atoms with Gasteiger partial charge in [0.25, 0.3) is 0 Å². The highest BCUT2D eigenvalue weighted by Crippen LogP contribution is 2.35. The van der Waals surface area contributed by atoms with Crippen molar-refractivity contribution in [3.8, 4) is 28.7 Å². The third-order valence-corrected chi connectivity index (χ3v) is 7.30. The molecule has 5 rings (SSSR count). The van der Waals surface area contributed by atoms with Crippen LogP contribution in [0.4, 0.5) is 43.9 Å². The van der Waals surface area contributed by atoms with Crippen molar-refractivity contribution in [3.05, 3.63) is 112 Å². The maximum atomic E-state index is 15.2. The van der Waals surface area contributed by atoms with Crippen LogP contribution in [-0.4, -0.2) is 6.18 Å². The molecule has 0 heterocycles. The molecule has 0 bridgehead atoms. The van der Waals surface area contributed by atoms with Crippen LogP contribution in [-0.2, 0) is 13.0 Å². The normalized spacial score (nSPS) is 11.6. The topological polar surface area (TPSA) is 9.23 Å². The highest BCUT2D eigenvalue weighted by atomic mass is 19.4. The van der Waals surface area contributed by atoms with E-state index in [-0.39, 0.29) is 10.9 Å². The van der Waals surface area contributed by atoms with E-state index in [9.17, 15) is 30.7 Å². The number of rotatable bonds is 8. The Hall–Kier alpha value is -4.72. The van der Waals surface area contributed by atoms with E-state index in [0.29, 0.717) is 23.4 Å². The SMILES string of the molecule is CCCCCc1ccc2c(F)c(OCc3cc(F)c(-c4cc(F)c5c(F)c(C#CC(F)(F)F)c(F)cc5c4)c(F)c3)c(F)cc2c1. The van der Waals surface area contributed by atoms with Gasteiger partial charge in [0.1, 0.15) is 29.9 Å². The summed E-state index contributed by atoms with van der Waals surface area (Å²) in [7, 11) is 0. The number of aryl methyl sites for hydroxylation is 1. The fourth-order valence-electron chi connectivity index (χ4n) is 5.17. The Morgan fingerprint density at radius 1 is 0.674 bits per heavy atom. The minimum absolute atomic E-state index is 0.0917. The Kier molecular flexibility index (Phi) is 9.20. The molecule has 0 saturated heterocycles. The van der Waals surface area contributed by atoms with Crippen molar-refractivity contribution in [1.82, 2.24) is 0 Å². The Bertz CT molecular complexity index is 2010. The lowest BCUT2D eigenvalue weighted by atomic mass is 9.97. The first-order chi connectivity index (χ1) is 21.8. The minimum atomic E-state index is -5.07. The molecular formula is C35H22F10O. The molecule has 1 nitrogen and oxygen atoms in total. The highest BCUT2D eigenvalue weighted by Gasteiger charge is 2.25. The summed E-state index contributed by atoms with van der Waals surface area (Å²) in [5, 5.41) is -1.06. The van der Waals surface area contributed by atoms with Gasteiger partial charge >= 0.3 is 6.18 Å². The van der Waals surface area contributed by atoms with Crippen LogP contribution in [0.1, 0.15) is 42.9 Å². The second-order valence-electron chi connectivity index (χ2n) is 10.6. The quantitative estimate of drug-likeness (QED) is 0.0925. The van der Waals surface area contributed by atoms with E-state index in [1.807, 2.05) is 0 Å². The van der Waals surface area contributed by atoms with E-state index >= 15 is 13.2 Å². The van der Waals surface area contributed by atoms with Gasteiger partial charge in [0.15, 0.2) is 23.2 Å². The third-order valence-electron chi connectivity index (χ3n) is 7.30. The van der Waals surface area contributed by atoms with Crippen molar-refractivity contribution >= 4 is 21.5 Å². The molecule has 5 aromatic carbocycles. The lowest BCUT2D eigenvalue weighted by Crippen LogP contribution is -2.04. The highest BCUT2D eigenvalue weighted by molar-refractivity contribution is 5.90. The Morgan fingerprint density at radius 3 is 2.04 bits per heavy atom. The number of hydrogen-bond acceptors (Lipinski definition) is 1. The number of halogens is 10. The van der Waals surface area contributed by atoms with Gasteiger partial charge in [-0.15, -0.1) is 0 Å². The Labute approximate surface area is 256 Å². The molecule has 0 radical (unpaired) electrons. The van der Waals surface area contributed by atoms with Crippen molar-refractivity contribution in [2.75, 3.05) is 0 Å². The summed E-state index contributed by atoms with van der Waals surface area (Å²) in [6, 6.07) is 9.43. The predicted molar refractivity (Wildman–Crippen MR) is 154 cm³/mol. The van der Waals surface area contributed by atoms with Crippen LogP contribution in [0.15, 0.2) is 54.6 Å². The van der Waals surface area contributed by atoms with Gasteiger partial charge in [0, 0.05) is 11.3 Å². The fraction of sp³-hybridized carbons (Fsp3) is 0.200. The van der Waals surface area contributed by atoms with Gasteiger partial charge in [-0.25, -0.2) is 30.7 Å². The third kappa shape index (κ3) is 6.76. The zero-order chi connectivity index (χ0) is 33.3. The molecule has 0 saturated carbocycles. The fourth-order valence-corrected chi connectivity index (χ4v) is 5.17. The predicted octanol–water partition coefficient (Wildman–Crippen LogP) is 10.9. The molecule has 0 spiro atoms. The summed E-state index contributed by atoms with van der Waals surface area (Å²) < 4.78 is 147. The zero-order valence-electron chi connectivity index (χ0n) is 23.9. The first-order valence-corrected chi connectivity index (χ1v) is 14.0. The Balaban J connectivity index is 1.42. The molecule has 0 fully saturated rings. The van der Waals surface area contributed by atoms with E-state index in [4.69, 9.17) is 4.74 Å². The lowest BCUT2D eigenvalue weighted by Gasteiger charge is -2.14. The molecule has 0 aromatic heterocycles. The minimum Gasteiger partial charge on any atom is -0.483 e. The van der Waals surface area contributed by atoms with Gasteiger partial charge in [-0.2, -0.15) is 13.2 Å². The van der Waals surface area contributed by atoms with Crippen LogP contribution in [0.5, 0.6) is 5.75 Å². The maximum Gasteiger partial charge on any atom is 0.458 e. The molecule has 0 amide bonds. The first-order valence-electron chi connectivity index (χ1n) is 14.0. The molecule has 46 heavy (non-hydrogen) atoms. The number of hydrogen-bond donors (Lipinski definition) is 0. The number of alkyl halides is 3. The summed E-state index contributed by atoms with van der Waals surface area (Å²) in [5.41, 5.74) is -1.88. The van der Waals surface area contributed by atoms with Crippen LogP contribution < -0.4 is 4.74 Å². The Morgan fingerprint density at radius 2 is 1.37 bits per heavy atom. The van der Waals surface area contributed by atoms with Gasteiger partial charge in [-0.1, -0.05) is 43.9 Å². The van der Waals surface area contributed by atoms with Gasteiger partial charge in [-0.3, -0.25) is 0 Å². The number of benzene rings is 5. The molecule has 0 N–H and O–H groups in total. The van der Waals surface area contributed by atoms with Crippen LogP contribution in [0.2, 0.25) is 0 Å². The van der Waals surface area contributed by atoms with Gasteiger partial charge in [0.05, 0.1) is 16.5 Å². The largest absolute Gasteiger partial charge is 0.483 e. The van der Waals surface area contributed by atoms with Gasteiger partial charge < -0.3 is 4.74 Å². The summed E-state index contributed by atoms with van der Waals surface area (Å²) in [6.07, 6.45) is -1.35. The van der Waals surface area contributed by atoms with E-state index < -0.39 is 86.7 Å². The van der Waals surface area contributed by atoms with E-state index in [1.165, 1.54) is 12.0 Å².